The zero-order valence-electron chi connectivity index (χ0n) is 8.45. The summed E-state index contributed by atoms with van der Waals surface area (Å²) in [6.45, 7) is 4.85. The van der Waals surface area contributed by atoms with Gasteiger partial charge in [0, 0.05) is 30.8 Å². The lowest BCUT2D eigenvalue weighted by molar-refractivity contribution is 0.110. The first kappa shape index (κ1) is 10.1. The number of ether oxygens (including phenoxy) is 1. The number of nitrogens with one attached hydrogen (secondary N) is 1. The second-order valence-electron chi connectivity index (χ2n) is 3.63. The van der Waals surface area contributed by atoms with Gasteiger partial charge >= 0.3 is 0 Å². The SMILES string of the molecule is Cc1cnc(CNCC2CCCO2)s1. The molecule has 3 nitrogen and oxygen atoms in total. The van der Waals surface area contributed by atoms with Crippen molar-refractivity contribution < 1.29 is 4.74 Å². The summed E-state index contributed by atoms with van der Waals surface area (Å²) >= 11 is 1.76. The van der Waals surface area contributed by atoms with Crippen molar-refractivity contribution in [2.24, 2.45) is 0 Å². The maximum absolute atomic E-state index is 5.52. The lowest BCUT2D eigenvalue weighted by Crippen LogP contribution is -2.25. The van der Waals surface area contributed by atoms with E-state index in [0.29, 0.717) is 6.10 Å². The van der Waals surface area contributed by atoms with E-state index >= 15 is 0 Å². The molecule has 14 heavy (non-hydrogen) atoms. The Morgan fingerprint density at radius 3 is 3.29 bits per heavy atom. The van der Waals surface area contributed by atoms with Crippen LogP contribution in [0.2, 0.25) is 0 Å². The van der Waals surface area contributed by atoms with Crippen LogP contribution in [0, 0.1) is 6.92 Å². The predicted octanol–water partition coefficient (Wildman–Crippen LogP) is 1.72. The molecule has 0 aromatic carbocycles. The highest BCUT2D eigenvalue weighted by Gasteiger charge is 2.14. The van der Waals surface area contributed by atoms with Crippen molar-refractivity contribution in [2.75, 3.05) is 13.2 Å². The summed E-state index contributed by atoms with van der Waals surface area (Å²) in [6.07, 6.45) is 4.76. The van der Waals surface area contributed by atoms with Gasteiger partial charge in [0.2, 0.25) is 0 Å². The van der Waals surface area contributed by atoms with E-state index in [0.717, 1.165) is 19.7 Å². The molecule has 1 unspecified atom stereocenters. The van der Waals surface area contributed by atoms with E-state index in [1.165, 1.54) is 22.7 Å². The van der Waals surface area contributed by atoms with E-state index in [-0.39, 0.29) is 0 Å². The second-order valence-corrected chi connectivity index (χ2v) is 4.95. The van der Waals surface area contributed by atoms with E-state index < -0.39 is 0 Å². The number of thiazole rings is 1. The van der Waals surface area contributed by atoms with Crippen LogP contribution in [-0.4, -0.2) is 24.2 Å². The molecule has 78 valence electrons. The molecule has 0 aliphatic carbocycles. The van der Waals surface area contributed by atoms with Gasteiger partial charge in [-0.2, -0.15) is 0 Å². The quantitative estimate of drug-likeness (QED) is 0.825. The van der Waals surface area contributed by atoms with Crippen molar-refractivity contribution in [2.45, 2.75) is 32.4 Å². The van der Waals surface area contributed by atoms with Crippen LogP contribution >= 0.6 is 11.3 Å². The van der Waals surface area contributed by atoms with Gasteiger partial charge in [-0.1, -0.05) is 0 Å². The van der Waals surface area contributed by atoms with Gasteiger partial charge < -0.3 is 10.1 Å². The number of nitrogens with zero attached hydrogens (tertiary/aromatic N) is 1. The minimum Gasteiger partial charge on any atom is -0.377 e. The van der Waals surface area contributed by atoms with Crippen molar-refractivity contribution in [3.05, 3.63) is 16.1 Å². The number of hydrogen-bond acceptors (Lipinski definition) is 4. The Kier molecular flexibility index (Phi) is 3.50. The van der Waals surface area contributed by atoms with Gasteiger partial charge in [-0.05, 0) is 19.8 Å². The lowest BCUT2D eigenvalue weighted by atomic mass is 10.2. The monoisotopic (exact) mass is 212 g/mol. The largest absolute Gasteiger partial charge is 0.377 e. The van der Waals surface area contributed by atoms with Crippen LogP contribution in [0.4, 0.5) is 0 Å². The topological polar surface area (TPSA) is 34.2 Å². The highest BCUT2D eigenvalue weighted by atomic mass is 32.1. The molecule has 1 aliphatic rings. The molecule has 2 heterocycles. The second kappa shape index (κ2) is 4.87. The molecule has 0 saturated carbocycles. The molecule has 1 atom stereocenters. The van der Waals surface area contributed by atoms with Crippen LogP contribution in [0.5, 0.6) is 0 Å². The predicted molar refractivity (Wildman–Crippen MR) is 57.5 cm³/mol. The lowest BCUT2D eigenvalue weighted by Gasteiger charge is -2.08. The van der Waals surface area contributed by atoms with Crippen molar-refractivity contribution >= 4 is 11.3 Å². The average molecular weight is 212 g/mol. The fourth-order valence-electron chi connectivity index (χ4n) is 1.63. The molecule has 4 heteroatoms. The Morgan fingerprint density at radius 2 is 2.64 bits per heavy atom. The molecule has 0 spiro atoms. The van der Waals surface area contributed by atoms with Crippen LogP contribution < -0.4 is 5.32 Å². The maximum Gasteiger partial charge on any atom is 0.107 e. The number of aryl methyl sites for hydroxylation is 1. The van der Waals surface area contributed by atoms with Gasteiger partial charge in [0.15, 0.2) is 0 Å². The van der Waals surface area contributed by atoms with E-state index in [2.05, 4.69) is 17.2 Å². The Balaban J connectivity index is 1.67. The van der Waals surface area contributed by atoms with Crippen molar-refractivity contribution in [3.8, 4) is 0 Å². The Morgan fingerprint density at radius 1 is 1.71 bits per heavy atom. The van der Waals surface area contributed by atoms with Gasteiger partial charge in [0.05, 0.1) is 6.10 Å². The standard InChI is InChI=1S/C10H16N2OS/c1-8-5-12-10(14-8)7-11-6-9-3-2-4-13-9/h5,9,11H,2-4,6-7H2,1H3. The first-order valence-electron chi connectivity index (χ1n) is 5.08. The number of hydrogen-bond donors (Lipinski definition) is 1. The first-order valence-corrected chi connectivity index (χ1v) is 5.90. The zero-order chi connectivity index (χ0) is 9.80. The molecule has 1 N–H and O–H groups in total. The van der Waals surface area contributed by atoms with Gasteiger partial charge in [-0.25, -0.2) is 4.98 Å². The third-order valence-corrected chi connectivity index (χ3v) is 3.25. The third-order valence-electron chi connectivity index (χ3n) is 2.34. The molecular weight excluding hydrogens is 196 g/mol. The fraction of sp³-hybridized carbons (Fsp3) is 0.700. The summed E-state index contributed by atoms with van der Waals surface area (Å²) in [6, 6.07) is 0. The van der Waals surface area contributed by atoms with E-state index in [1.54, 1.807) is 11.3 Å². The van der Waals surface area contributed by atoms with Crippen molar-refractivity contribution in [3.63, 3.8) is 0 Å². The number of rotatable bonds is 4. The molecule has 1 aromatic heterocycles. The normalized spacial score (nSPS) is 21.6. The third kappa shape index (κ3) is 2.77. The minimum atomic E-state index is 0.427. The van der Waals surface area contributed by atoms with Gasteiger partial charge in [0.25, 0.3) is 0 Å². The maximum atomic E-state index is 5.52. The Labute approximate surface area is 88.5 Å². The first-order chi connectivity index (χ1) is 6.84. The minimum absolute atomic E-state index is 0.427. The smallest absolute Gasteiger partial charge is 0.107 e. The average Bonchev–Trinajstić information content (AvgIpc) is 2.77. The zero-order valence-corrected chi connectivity index (χ0v) is 9.27. The molecule has 1 fully saturated rings. The van der Waals surface area contributed by atoms with Crippen molar-refractivity contribution in [1.29, 1.82) is 0 Å². The van der Waals surface area contributed by atoms with E-state index in [9.17, 15) is 0 Å². The Hall–Kier alpha value is -0.450. The molecule has 0 radical (unpaired) electrons. The number of aromatic nitrogens is 1. The van der Waals surface area contributed by atoms with Gasteiger partial charge in [-0.3, -0.25) is 0 Å². The summed E-state index contributed by atoms with van der Waals surface area (Å²) in [5.74, 6) is 0. The van der Waals surface area contributed by atoms with Crippen LogP contribution in [0.3, 0.4) is 0 Å². The summed E-state index contributed by atoms with van der Waals surface area (Å²) in [5.41, 5.74) is 0. The van der Waals surface area contributed by atoms with Crippen molar-refractivity contribution in [1.82, 2.24) is 10.3 Å². The summed E-state index contributed by atoms with van der Waals surface area (Å²) < 4.78 is 5.52. The van der Waals surface area contributed by atoms with Gasteiger partial charge in [-0.15, -0.1) is 11.3 Å². The fourth-order valence-corrected chi connectivity index (χ4v) is 2.39. The van der Waals surface area contributed by atoms with Crippen LogP contribution in [-0.2, 0) is 11.3 Å². The molecule has 0 amide bonds. The van der Waals surface area contributed by atoms with Gasteiger partial charge in [0.1, 0.15) is 5.01 Å². The Bertz CT molecular complexity index is 281. The van der Waals surface area contributed by atoms with Crippen LogP contribution in [0.15, 0.2) is 6.20 Å². The molecule has 1 aliphatic heterocycles. The van der Waals surface area contributed by atoms with Crippen LogP contribution in [0.25, 0.3) is 0 Å². The van der Waals surface area contributed by atoms with E-state index in [4.69, 9.17) is 4.74 Å². The summed E-state index contributed by atoms with van der Waals surface area (Å²) in [4.78, 5) is 5.57. The summed E-state index contributed by atoms with van der Waals surface area (Å²) in [5, 5.41) is 4.55. The molecule has 2 rings (SSSR count). The highest BCUT2D eigenvalue weighted by Crippen LogP contribution is 2.12. The van der Waals surface area contributed by atoms with E-state index in [1.807, 2.05) is 6.20 Å². The molecular formula is C10H16N2OS. The highest BCUT2D eigenvalue weighted by molar-refractivity contribution is 7.11. The molecule has 0 bridgehead atoms. The molecule has 1 aromatic rings. The van der Waals surface area contributed by atoms with Crippen LogP contribution in [0.1, 0.15) is 22.7 Å². The summed E-state index contributed by atoms with van der Waals surface area (Å²) in [7, 11) is 0. The molecule has 1 saturated heterocycles.